The van der Waals surface area contributed by atoms with Gasteiger partial charge in [-0.05, 0) is 73.3 Å². The molecule has 1 heterocycles. The number of hydrogen-bond acceptors (Lipinski definition) is 6. The Bertz CT molecular complexity index is 1720. The fourth-order valence-electron chi connectivity index (χ4n) is 4.66. The number of rotatable bonds is 10. The predicted octanol–water partition coefficient (Wildman–Crippen LogP) is 6.17. The maximum atomic E-state index is 13.2. The Hall–Kier alpha value is -4.27. The van der Waals surface area contributed by atoms with Crippen LogP contribution in [0.5, 0.6) is 11.5 Å². The molecule has 0 saturated carbocycles. The van der Waals surface area contributed by atoms with Crippen LogP contribution in [0.3, 0.4) is 0 Å². The Morgan fingerprint density at radius 2 is 1.65 bits per heavy atom. The molecular formula is C32H31N3O4S. The highest BCUT2D eigenvalue weighted by Gasteiger charge is 2.14. The van der Waals surface area contributed by atoms with Crippen LogP contribution in [0.2, 0.25) is 0 Å². The minimum atomic E-state index is -0.270. The molecule has 0 unspecified atom stereocenters. The lowest BCUT2D eigenvalue weighted by molar-refractivity contribution is 0.102. The van der Waals surface area contributed by atoms with Gasteiger partial charge >= 0.3 is 0 Å². The molecule has 7 nitrogen and oxygen atoms in total. The Kier molecular flexibility index (Phi) is 8.38. The van der Waals surface area contributed by atoms with Gasteiger partial charge in [0.15, 0.2) is 16.9 Å². The van der Waals surface area contributed by atoms with Gasteiger partial charge in [0.05, 0.1) is 25.3 Å². The van der Waals surface area contributed by atoms with Crippen LogP contribution in [0.4, 0.5) is 5.69 Å². The number of aromatic nitrogens is 1. The first kappa shape index (κ1) is 27.3. The summed E-state index contributed by atoms with van der Waals surface area (Å²) in [5, 5.41) is 4.07. The standard InChI is InChI=1S/C32H31N3O4S/c1-35(20-21-11-16-28(38-2)29(19-21)39-3)17-18-40-23-14-12-22(13-15-23)33-32(37)26-9-6-8-25-30(26)34-27-10-5-4-7-24(27)31(25)36/h4-16,19H,17-18,20H2,1-3H3,(H,33,37)(H,34,36). The van der Waals surface area contributed by atoms with Crippen molar-refractivity contribution in [2.45, 2.75) is 11.4 Å². The Labute approximate surface area is 237 Å². The normalized spacial score (nSPS) is 11.2. The highest BCUT2D eigenvalue weighted by molar-refractivity contribution is 7.99. The molecular weight excluding hydrogens is 522 g/mol. The number of hydrogen-bond donors (Lipinski definition) is 2. The number of nitrogens with zero attached hydrogens (tertiary/aromatic N) is 1. The van der Waals surface area contributed by atoms with Gasteiger partial charge in [-0.25, -0.2) is 0 Å². The van der Waals surface area contributed by atoms with E-state index >= 15 is 0 Å². The largest absolute Gasteiger partial charge is 0.493 e. The molecule has 204 valence electrons. The van der Waals surface area contributed by atoms with E-state index in [1.165, 1.54) is 0 Å². The topological polar surface area (TPSA) is 83.7 Å². The summed E-state index contributed by atoms with van der Waals surface area (Å²) in [4.78, 5) is 32.8. The zero-order valence-electron chi connectivity index (χ0n) is 22.7. The molecule has 0 spiro atoms. The van der Waals surface area contributed by atoms with Crippen molar-refractivity contribution < 1.29 is 14.3 Å². The summed E-state index contributed by atoms with van der Waals surface area (Å²) >= 11 is 1.76. The number of ether oxygens (including phenoxy) is 2. The van der Waals surface area contributed by atoms with Crippen LogP contribution >= 0.6 is 11.8 Å². The van der Waals surface area contributed by atoms with Gasteiger partial charge < -0.3 is 24.7 Å². The fourth-order valence-corrected chi connectivity index (χ4v) is 5.62. The second-order valence-corrected chi connectivity index (χ2v) is 10.7. The number of carbonyl (C=O) groups excluding carboxylic acids is 1. The van der Waals surface area contributed by atoms with Crippen LogP contribution in [0.1, 0.15) is 15.9 Å². The van der Waals surface area contributed by atoms with E-state index < -0.39 is 0 Å². The second-order valence-electron chi connectivity index (χ2n) is 9.48. The molecule has 0 aliphatic rings. The van der Waals surface area contributed by atoms with E-state index in [4.69, 9.17) is 9.47 Å². The van der Waals surface area contributed by atoms with Gasteiger partial charge in [0.2, 0.25) is 0 Å². The van der Waals surface area contributed by atoms with Crippen molar-refractivity contribution >= 4 is 45.2 Å². The van der Waals surface area contributed by atoms with Crippen molar-refractivity contribution in [3.05, 3.63) is 106 Å². The molecule has 1 amide bonds. The maximum Gasteiger partial charge on any atom is 0.257 e. The minimum Gasteiger partial charge on any atom is -0.493 e. The van der Waals surface area contributed by atoms with E-state index in [9.17, 15) is 9.59 Å². The summed E-state index contributed by atoms with van der Waals surface area (Å²) in [5.74, 6) is 2.11. The molecule has 0 radical (unpaired) electrons. The van der Waals surface area contributed by atoms with Crippen LogP contribution < -0.4 is 20.2 Å². The van der Waals surface area contributed by atoms with Crippen molar-refractivity contribution in [1.29, 1.82) is 0 Å². The average molecular weight is 554 g/mol. The number of aromatic amines is 1. The zero-order valence-corrected chi connectivity index (χ0v) is 23.5. The van der Waals surface area contributed by atoms with E-state index in [0.717, 1.165) is 40.8 Å². The molecule has 1 aromatic heterocycles. The van der Waals surface area contributed by atoms with Crippen molar-refractivity contribution in [2.24, 2.45) is 0 Å². The van der Waals surface area contributed by atoms with E-state index in [-0.39, 0.29) is 11.3 Å². The number of carbonyl (C=O) groups is 1. The Balaban J connectivity index is 1.18. The van der Waals surface area contributed by atoms with E-state index in [1.54, 1.807) is 50.2 Å². The number of nitrogens with one attached hydrogen (secondary N) is 2. The van der Waals surface area contributed by atoms with Crippen LogP contribution in [-0.2, 0) is 6.54 Å². The van der Waals surface area contributed by atoms with Gasteiger partial charge in [-0.2, -0.15) is 0 Å². The quantitative estimate of drug-likeness (QED) is 0.159. The predicted molar refractivity (Wildman–Crippen MR) is 163 cm³/mol. The molecule has 0 bridgehead atoms. The average Bonchev–Trinajstić information content (AvgIpc) is 2.98. The number of fused-ring (bicyclic) bond motifs is 2. The number of para-hydroxylation sites is 2. The maximum absolute atomic E-state index is 13.2. The number of amides is 1. The summed E-state index contributed by atoms with van der Waals surface area (Å²) in [6.45, 7) is 1.71. The molecule has 5 rings (SSSR count). The second kappa shape index (κ2) is 12.3. The van der Waals surface area contributed by atoms with E-state index in [2.05, 4.69) is 28.3 Å². The van der Waals surface area contributed by atoms with Gasteiger partial charge in [0.1, 0.15) is 0 Å². The molecule has 5 aromatic rings. The van der Waals surface area contributed by atoms with Gasteiger partial charge in [-0.1, -0.05) is 24.3 Å². The summed E-state index contributed by atoms with van der Waals surface area (Å²) in [6, 6.07) is 26.3. The van der Waals surface area contributed by atoms with Gasteiger partial charge in [0, 0.05) is 45.7 Å². The number of pyridine rings is 1. The van der Waals surface area contributed by atoms with Crippen LogP contribution in [0.15, 0.2) is 94.6 Å². The van der Waals surface area contributed by atoms with Crippen molar-refractivity contribution in [3.63, 3.8) is 0 Å². The number of H-pyrrole nitrogens is 1. The molecule has 40 heavy (non-hydrogen) atoms. The summed E-state index contributed by atoms with van der Waals surface area (Å²) in [5.41, 5.74) is 3.43. The Morgan fingerprint density at radius 3 is 2.42 bits per heavy atom. The number of thioether (sulfide) groups is 1. The molecule has 0 aliphatic carbocycles. The van der Waals surface area contributed by atoms with E-state index in [0.29, 0.717) is 33.1 Å². The number of anilines is 1. The first-order valence-corrected chi connectivity index (χ1v) is 13.9. The molecule has 0 atom stereocenters. The molecule has 0 saturated heterocycles. The lowest BCUT2D eigenvalue weighted by Gasteiger charge is -2.17. The highest BCUT2D eigenvalue weighted by Crippen LogP contribution is 2.28. The lowest BCUT2D eigenvalue weighted by Crippen LogP contribution is -2.20. The third-order valence-electron chi connectivity index (χ3n) is 6.74. The van der Waals surface area contributed by atoms with Gasteiger partial charge in [0.25, 0.3) is 5.91 Å². The van der Waals surface area contributed by atoms with Crippen LogP contribution in [0.25, 0.3) is 21.8 Å². The minimum absolute atomic E-state index is 0.0882. The smallest absolute Gasteiger partial charge is 0.257 e. The monoisotopic (exact) mass is 553 g/mol. The molecule has 4 aromatic carbocycles. The first-order valence-electron chi connectivity index (χ1n) is 12.9. The Morgan fingerprint density at radius 1 is 0.900 bits per heavy atom. The van der Waals surface area contributed by atoms with Crippen molar-refractivity contribution in [3.8, 4) is 11.5 Å². The van der Waals surface area contributed by atoms with E-state index in [1.807, 2.05) is 54.6 Å². The number of methoxy groups -OCH3 is 2. The SMILES string of the molecule is COc1ccc(CN(C)CCSc2ccc(NC(=O)c3cccc4c(=O)c5ccccc5[nH]c34)cc2)cc1OC. The third-order valence-corrected chi connectivity index (χ3v) is 7.73. The van der Waals surface area contributed by atoms with Crippen molar-refractivity contribution in [1.82, 2.24) is 9.88 Å². The lowest BCUT2D eigenvalue weighted by atomic mass is 10.1. The summed E-state index contributed by atoms with van der Waals surface area (Å²) < 4.78 is 10.7. The molecule has 0 fully saturated rings. The first-order chi connectivity index (χ1) is 19.5. The zero-order chi connectivity index (χ0) is 28.1. The van der Waals surface area contributed by atoms with Gasteiger partial charge in [-0.15, -0.1) is 11.8 Å². The van der Waals surface area contributed by atoms with Crippen LogP contribution in [0, 0.1) is 0 Å². The number of benzene rings is 4. The van der Waals surface area contributed by atoms with Crippen LogP contribution in [-0.4, -0.2) is 49.4 Å². The molecule has 8 heteroatoms. The van der Waals surface area contributed by atoms with Gasteiger partial charge in [-0.3, -0.25) is 9.59 Å². The van der Waals surface area contributed by atoms with Crippen molar-refractivity contribution in [2.75, 3.05) is 38.9 Å². The molecule has 2 N–H and O–H groups in total. The third kappa shape index (κ3) is 5.98. The fraction of sp³-hybridized carbons (Fsp3) is 0.188. The summed E-state index contributed by atoms with van der Waals surface area (Å²) in [7, 11) is 5.38. The molecule has 0 aliphatic heterocycles. The highest BCUT2D eigenvalue weighted by atomic mass is 32.2. The summed E-state index contributed by atoms with van der Waals surface area (Å²) in [6.07, 6.45) is 0.